The molecule has 0 bridgehead atoms. The number of phosphoric acid groups is 2. The first-order valence-electron chi connectivity index (χ1n) is 41.3. The third kappa shape index (κ3) is 74.1. The predicted molar refractivity (Wildman–Crippen MR) is 405 cm³/mol. The van der Waals surface area contributed by atoms with E-state index in [1.165, 1.54) is 225 Å². The molecule has 0 rings (SSSR count). The van der Waals surface area contributed by atoms with E-state index in [2.05, 4.69) is 48.5 Å². The highest BCUT2D eigenvalue weighted by Crippen LogP contribution is 2.45. The van der Waals surface area contributed by atoms with Crippen molar-refractivity contribution in [3.8, 4) is 0 Å². The number of rotatable bonds is 78. The van der Waals surface area contributed by atoms with Gasteiger partial charge in [-0.05, 0) is 43.4 Å². The summed E-state index contributed by atoms with van der Waals surface area (Å²) in [4.78, 5) is 73.0. The Labute approximate surface area is 607 Å². The van der Waals surface area contributed by atoms with Crippen LogP contribution in [0.3, 0.4) is 0 Å². The lowest BCUT2D eigenvalue weighted by molar-refractivity contribution is -0.161. The fraction of sp³-hybridized carbons (Fsp3) is 0.950. The summed E-state index contributed by atoms with van der Waals surface area (Å²) in [7, 11) is -9.92. The maximum absolute atomic E-state index is 13.1. The molecular weight excluding hydrogens is 1290 g/mol. The quantitative estimate of drug-likeness (QED) is 0.0222. The minimum atomic E-state index is -4.96. The molecule has 0 spiro atoms. The van der Waals surface area contributed by atoms with E-state index >= 15 is 0 Å². The molecule has 0 aliphatic carbocycles. The van der Waals surface area contributed by atoms with Crippen LogP contribution in [0.5, 0.6) is 0 Å². The summed E-state index contributed by atoms with van der Waals surface area (Å²) in [5.74, 6) is 0.253. The van der Waals surface area contributed by atoms with E-state index in [0.29, 0.717) is 25.7 Å². The molecule has 0 aromatic rings. The van der Waals surface area contributed by atoms with Gasteiger partial charge in [0.2, 0.25) is 0 Å². The van der Waals surface area contributed by atoms with Crippen LogP contribution in [-0.2, 0) is 65.4 Å². The van der Waals surface area contributed by atoms with Crippen LogP contribution in [0.25, 0.3) is 0 Å². The van der Waals surface area contributed by atoms with E-state index in [-0.39, 0.29) is 25.7 Å². The molecule has 0 saturated heterocycles. The number of hydrogen-bond acceptors (Lipinski definition) is 15. The summed E-state index contributed by atoms with van der Waals surface area (Å²) >= 11 is 0. The van der Waals surface area contributed by atoms with Crippen molar-refractivity contribution in [1.29, 1.82) is 0 Å². The zero-order valence-electron chi connectivity index (χ0n) is 65.0. The van der Waals surface area contributed by atoms with Crippen LogP contribution in [0, 0.1) is 17.8 Å². The molecule has 0 radical (unpaired) electrons. The Hall–Kier alpha value is -1.94. The third-order valence-electron chi connectivity index (χ3n) is 18.6. The van der Waals surface area contributed by atoms with Crippen LogP contribution < -0.4 is 0 Å². The fourth-order valence-corrected chi connectivity index (χ4v) is 13.9. The summed E-state index contributed by atoms with van der Waals surface area (Å²) in [5, 5.41) is 10.6. The lowest BCUT2D eigenvalue weighted by Crippen LogP contribution is -2.30. The van der Waals surface area contributed by atoms with Gasteiger partial charge in [0.05, 0.1) is 26.4 Å². The highest BCUT2D eigenvalue weighted by molar-refractivity contribution is 7.47. The number of ether oxygens (including phenoxy) is 4. The number of phosphoric ester groups is 2. The summed E-state index contributed by atoms with van der Waals surface area (Å²) in [6, 6.07) is 0. The lowest BCUT2D eigenvalue weighted by atomic mass is 10.0. The highest BCUT2D eigenvalue weighted by atomic mass is 31.2. The SMILES string of the molecule is CCCCCCCCCCCCCC(=O)OC[C@H](COP(=O)(O)OC[C@H](O)COP(=O)(O)OC[C@@H](COC(=O)CCCCCCCCCCCCCCCC(C)C)OC(=O)CCCCCCCCCCCCCCCCC(C)C)OC(=O)CCCCCCCCCCCCCCC(C)C. The molecule has 0 aromatic heterocycles. The first-order chi connectivity index (χ1) is 47.7. The maximum atomic E-state index is 13.1. The molecule has 0 heterocycles. The molecule has 0 aromatic carbocycles. The predicted octanol–water partition coefficient (Wildman–Crippen LogP) is 23.7. The molecule has 99 heavy (non-hydrogen) atoms. The number of unbranched alkanes of at least 4 members (excludes halogenated alkanes) is 46. The number of esters is 4. The summed E-state index contributed by atoms with van der Waals surface area (Å²) in [5.41, 5.74) is 0. The smallest absolute Gasteiger partial charge is 0.462 e. The highest BCUT2D eigenvalue weighted by Gasteiger charge is 2.30. The molecule has 0 aliphatic heterocycles. The van der Waals surface area contributed by atoms with Crippen molar-refractivity contribution in [3.63, 3.8) is 0 Å². The molecule has 0 amide bonds. The van der Waals surface area contributed by atoms with Crippen LogP contribution in [0.15, 0.2) is 0 Å². The summed E-state index contributed by atoms with van der Waals surface area (Å²) < 4.78 is 68.7. The van der Waals surface area contributed by atoms with Gasteiger partial charge in [0.1, 0.15) is 19.3 Å². The van der Waals surface area contributed by atoms with Crippen molar-refractivity contribution in [2.24, 2.45) is 17.8 Å². The molecule has 588 valence electrons. The van der Waals surface area contributed by atoms with Gasteiger partial charge in [0.25, 0.3) is 0 Å². The Morgan fingerprint density at radius 1 is 0.273 bits per heavy atom. The van der Waals surface area contributed by atoms with Crippen molar-refractivity contribution >= 4 is 39.5 Å². The van der Waals surface area contributed by atoms with Crippen molar-refractivity contribution < 1.29 is 80.2 Å². The van der Waals surface area contributed by atoms with E-state index in [0.717, 1.165) is 108 Å². The minimum Gasteiger partial charge on any atom is -0.462 e. The van der Waals surface area contributed by atoms with Crippen molar-refractivity contribution in [2.75, 3.05) is 39.6 Å². The van der Waals surface area contributed by atoms with Crippen LogP contribution in [0.1, 0.15) is 414 Å². The zero-order chi connectivity index (χ0) is 73.0. The number of carbonyl (C=O) groups is 4. The molecule has 0 saturated carbocycles. The molecule has 0 aliphatic rings. The van der Waals surface area contributed by atoms with E-state index < -0.39 is 97.5 Å². The largest absolute Gasteiger partial charge is 0.472 e. The van der Waals surface area contributed by atoms with Gasteiger partial charge in [0, 0.05) is 25.7 Å². The summed E-state index contributed by atoms with van der Waals surface area (Å²) in [6.45, 7) is 12.0. The molecule has 5 atom stereocenters. The third-order valence-corrected chi connectivity index (χ3v) is 20.5. The average molecular weight is 1450 g/mol. The standard InChI is InChI=1S/C80H156O17P2/c1-8-9-10-11-12-13-23-33-40-47-54-61-77(82)90-67-75(97-80(85)64-57-50-43-36-29-22-21-26-32-39-46-53-60-73(6)7)69-94-98(86,87)92-65-74(81)66-93-99(88,89)95-70-76(68-91-78(83)62-55-48-41-34-27-20-16-18-25-31-38-45-52-59-72(4)5)96-79(84)63-56-49-42-35-28-19-15-14-17-24-30-37-44-51-58-71(2)3/h71-76,81H,8-70H2,1-7H3,(H,86,87)(H,88,89)/t74-,75+,76+/m0/s1. The Kier molecular flexibility index (Phi) is 69.0. The van der Waals surface area contributed by atoms with Gasteiger partial charge >= 0.3 is 39.5 Å². The number of hydrogen-bond donors (Lipinski definition) is 3. The van der Waals surface area contributed by atoms with Gasteiger partial charge in [-0.1, -0.05) is 363 Å². The molecule has 17 nitrogen and oxygen atoms in total. The second-order valence-electron chi connectivity index (χ2n) is 30.2. The molecule has 3 N–H and O–H groups in total. The first kappa shape index (κ1) is 97.1. The van der Waals surface area contributed by atoms with E-state index in [1.54, 1.807) is 0 Å². The van der Waals surface area contributed by atoms with Gasteiger partial charge in [0.15, 0.2) is 12.2 Å². The fourth-order valence-electron chi connectivity index (χ4n) is 12.3. The van der Waals surface area contributed by atoms with Gasteiger partial charge in [-0.2, -0.15) is 0 Å². The van der Waals surface area contributed by atoms with Gasteiger partial charge < -0.3 is 33.8 Å². The van der Waals surface area contributed by atoms with Crippen LogP contribution in [0.2, 0.25) is 0 Å². The Bertz CT molecular complexity index is 1920. The van der Waals surface area contributed by atoms with Crippen LogP contribution in [-0.4, -0.2) is 96.7 Å². The van der Waals surface area contributed by atoms with E-state index in [1.807, 2.05) is 0 Å². The molecular formula is C80H156O17P2. The molecule has 19 heteroatoms. The zero-order valence-corrected chi connectivity index (χ0v) is 66.8. The van der Waals surface area contributed by atoms with Crippen LogP contribution >= 0.6 is 15.6 Å². The molecule has 2 unspecified atom stereocenters. The van der Waals surface area contributed by atoms with Gasteiger partial charge in [-0.15, -0.1) is 0 Å². The van der Waals surface area contributed by atoms with E-state index in [4.69, 9.17) is 37.0 Å². The van der Waals surface area contributed by atoms with Crippen molar-refractivity contribution in [3.05, 3.63) is 0 Å². The number of aliphatic hydroxyl groups excluding tert-OH is 1. The second-order valence-corrected chi connectivity index (χ2v) is 33.1. The van der Waals surface area contributed by atoms with E-state index in [9.17, 15) is 43.2 Å². The Morgan fingerprint density at radius 2 is 0.465 bits per heavy atom. The molecule has 0 fully saturated rings. The Balaban J connectivity index is 5.26. The average Bonchev–Trinajstić information content (AvgIpc) is 1.60. The first-order valence-corrected chi connectivity index (χ1v) is 44.3. The lowest BCUT2D eigenvalue weighted by Gasteiger charge is -2.21. The second kappa shape index (κ2) is 70.4. The Morgan fingerprint density at radius 3 is 0.687 bits per heavy atom. The monoisotopic (exact) mass is 1450 g/mol. The number of carbonyl (C=O) groups excluding carboxylic acids is 4. The topological polar surface area (TPSA) is 237 Å². The minimum absolute atomic E-state index is 0.107. The number of aliphatic hydroxyl groups is 1. The van der Waals surface area contributed by atoms with Crippen molar-refractivity contribution in [2.45, 2.75) is 433 Å². The van der Waals surface area contributed by atoms with Gasteiger partial charge in [-0.3, -0.25) is 37.3 Å². The van der Waals surface area contributed by atoms with Crippen molar-refractivity contribution in [1.82, 2.24) is 0 Å². The maximum Gasteiger partial charge on any atom is 0.472 e. The summed E-state index contributed by atoms with van der Waals surface area (Å²) in [6.07, 6.45) is 58.1. The van der Waals surface area contributed by atoms with Gasteiger partial charge in [-0.25, -0.2) is 9.13 Å². The normalized spacial score (nSPS) is 14.0. The van der Waals surface area contributed by atoms with Crippen LogP contribution in [0.4, 0.5) is 0 Å².